The Kier molecular flexibility index (Phi) is 3.66. The first-order chi connectivity index (χ1) is 9.06. The second-order valence-corrected chi connectivity index (χ2v) is 4.31. The third kappa shape index (κ3) is 3.22. The van der Waals surface area contributed by atoms with Gasteiger partial charge in [0.1, 0.15) is 0 Å². The number of amides is 1. The molecule has 0 bridgehead atoms. The molecule has 0 fully saturated rings. The summed E-state index contributed by atoms with van der Waals surface area (Å²) in [6, 6.07) is 9.96. The minimum Gasteiger partial charge on any atom is -0.399 e. The Labute approximate surface area is 110 Å². The molecular weight excluding hydrogens is 242 g/mol. The number of rotatable bonds is 3. The van der Waals surface area contributed by atoms with Gasteiger partial charge in [0, 0.05) is 23.5 Å². The smallest absolute Gasteiger partial charge is 0.252 e. The largest absolute Gasteiger partial charge is 0.399 e. The first kappa shape index (κ1) is 12.9. The monoisotopic (exact) mass is 257 g/mol. The van der Waals surface area contributed by atoms with Crippen LogP contribution in [-0.4, -0.2) is 10.9 Å². The van der Waals surface area contributed by atoms with Gasteiger partial charge in [-0.3, -0.25) is 9.59 Å². The number of benzene rings is 1. The third-order valence-corrected chi connectivity index (χ3v) is 2.80. The maximum atomic E-state index is 12.0. The van der Waals surface area contributed by atoms with Crippen molar-refractivity contribution < 1.29 is 4.79 Å². The van der Waals surface area contributed by atoms with Crippen LogP contribution in [-0.2, 0) is 0 Å². The Morgan fingerprint density at radius 3 is 2.79 bits per heavy atom. The number of nitrogen functional groups attached to an aromatic ring is 1. The van der Waals surface area contributed by atoms with Crippen LogP contribution < -0.4 is 16.6 Å². The van der Waals surface area contributed by atoms with E-state index in [1.807, 2.05) is 25.1 Å². The summed E-state index contributed by atoms with van der Waals surface area (Å²) in [4.78, 5) is 25.6. The molecule has 1 unspecified atom stereocenters. The molecule has 0 aliphatic carbocycles. The fourth-order valence-corrected chi connectivity index (χ4v) is 1.78. The van der Waals surface area contributed by atoms with Gasteiger partial charge >= 0.3 is 0 Å². The predicted octanol–water partition coefficient (Wildman–Crippen LogP) is 1.45. The molecule has 2 rings (SSSR count). The summed E-state index contributed by atoms with van der Waals surface area (Å²) in [5.41, 5.74) is 7.29. The van der Waals surface area contributed by atoms with Crippen molar-refractivity contribution in [1.29, 1.82) is 0 Å². The fourth-order valence-electron chi connectivity index (χ4n) is 1.78. The quantitative estimate of drug-likeness (QED) is 0.727. The van der Waals surface area contributed by atoms with Gasteiger partial charge in [-0.25, -0.2) is 0 Å². The number of aromatic nitrogens is 1. The molecular formula is C14H15N3O2. The molecule has 0 radical (unpaired) electrons. The SMILES string of the molecule is CC(NC(=O)c1cc[nH]c(=O)c1)c1cccc(N)c1. The summed E-state index contributed by atoms with van der Waals surface area (Å²) >= 11 is 0. The van der Waals surface area contributed by atoms with Crippen LogP contribution >= 0.6 is 0 Å². The van der Waals surface area contributed by atoms with Crippen LogP contribution in [0.15, 0.2) is 47.4 Å². The fraction of sp³-hybridized carbons (Fsp3) is 0.143. The number of hydrogen-bond acceptors (Lipinski definition) is 3. The predicted molar refractivity (Wildman–Crippen MR) is 73.8 cm³/mol. The molecule has 5 nitrogen and oxygen atoms in total. The molecule has 4 N–H and O–H groups in total. The van der Waals surface area contributed by atoms with Crippen molar-refractivity contribution in [3.8, 4) is 0 Å². The van der Waals surface area contributed by atoms with Gasteiger partial charge in [0.25, 0.3) is 5.91 Å². The molecule has 19 heavy (non-hydrogen) atoms. The van der Waals surface area contributed by atoms with Gasteiger partial charge in [-0.15, -0.1) is 0 Å². The Morgan fingerprint density at radius 2 is 2.11 bits per heavy atom. The van der Waals surface area contributed by atoms with E-state index in [1.54, 1.807) is 12.1 Å². The summed E-state index contributed by atoms with van der Waals surface area (Å²) in [5.74, 6) is -0.291. The molecule has 1 amide bonds. The highest BCUT2D eigenvalue weighted by Gasteiger charge is 2.11. The zero-order valence-electron chi connectivity index (χ0n) is 10.5. The number of anilines is 1. The van der Waals surface area contributed by atoms with Gasteiger partial charge < -0.3 is 16.0 Å². The van der Waals surface area contributed by atoms with Crippen LogP contribution in [0.25, 0.3) is 0 Å². The molecule has 0 aliphatic rings. The number of hydrogen-bond donors (Lipinski definition) is 3. The van der Waals surface area contributed by atoms with E-state index in [2.05, 4.69) is 10.3 Å². The zero-order chi connectivity index (χ0) is 13.8. The maximum Gasteiger partial charge on any atom is 0.252 e. The normalized spacial score (nSPS) is 11.8. The molecule has 0 aliphatic heterocycles. The van der Waals surface area contributed by atoms with Crippen LogP contribution in [0.5, 0.6) is 0 Å². The van der Waals surface area contributed by atoms with E-state index in [4.69, 9.17) is 5.73 Å². The Morgan fingerprint density at radius 1 is 1.32 bits per heavy atom. The van der Waals surface area contributed by atoms with E-state index >= 15 is 0 Å². The van der Waals surface area contributed by atoms with Crippen molar-refractivity contribution in [2.45, 2.75) is 13.0 Å². The lowest BCUT2D eigenvalue weighted by molar-refractivity contribution is 0.0939. The minimum atomic E-state index is -0.302. The lowest BCUT2D eigenvalue weighted by atomic mass is 10.1. The molecule has 2 aromatic rings. The van der Waals surface area contributed by atoms with Crippen molar-refractivity contribution in [2.75, 3.05) is 5.73 Å². The van der Waals surface area contributed by atoms with Crippen molar-refractivity contribution in [2.24, 2.45) is 0 Å². The van der Waals surface area contributed by atoms with Crippen LogP contribution in [0.3, 0.4) is 0 Å². The first-order valence-corrected chi connectivity index (χ1v) is 5.91. The number of nitrogens with one attached hydrogen (secondary N) is 2. The summed E-state index contributed by atoms with van der Waals surface area (Å²) in [7, 11) is 0. The Balaban J connectivity index is 2.13. The Hall–Kier alpha value is -2.56. The van der Waals surface area contributed by atoms with Crippen LogP contribution in [0.4, 0.5) is 5.69 Å². The van der Waals surface area contributed by atoms with E-state index in [0.29, 0.717) is 11.3 Å². The van der Waals surface area contributed by atoms with Gasteiger partial charge in [0.15, 0.2) is 0 Å². The molecule has 1 aromatic carbocycles. The number of carbonyl (C=O) groups excluding carboxylic acids is 1. The third-order valence-electron chi connectivity index (χ3n) is 2.80. The van der Waals surface area contributed by atoms with E-state index in [-0.39, 0.29) is 17.5 Å². The minimum absolute atomic E-state index is 0.185. The first-order valence-electron chi connectivity index (χ1n) is 5.91. The molecule has 1 aromatic heterocycles. The summed E-state index contributed by atoms with van der Waals surface area (Å²) < 4.78 is 0. The van der Waals surface area contributed by atoms with E-state index in [1.165, 1.54) is 12.3 Å². The van der Waals surface area contributed by atoms with Gasteiger partial charge in [0.05, 0.1) is 6.04 Å². The molecule has 1 heterocycles. The highest BCUT2D eigenvalue weighted by atomic mass is 16.2. The average molecular weight is 257 g/mol. The number of pyridine rings is 1. The van der Waals surface area contributed by atoms with E-state index < -0.39 is 0 Å². The second-order valence-electron chi connectivity index (χ2n) is 4.31. The van der Waals surface area contributed by atoms with Crippen molar-refractivity contribution in [3.63, 3.8) is 0 Å². The number of H-pyrrole nitrogens is 1. The van der Waals surface area contributed by atoms with Crippen LogP contribution in [0.1, 0.15) is 28.9 Å². The van der Waals surface area contributed by atoms with Gasteiger partial charge in [0.2, 0.25) is 5.56 Å². The van der Waals surface area contributed by atoms with E-state index in [9.17, 15) is 9.59 Å². The number of aromatic amines is 1. The molecule has 0 spiro atoms. The van der Waals surface area contributed by atoms with Crippen molar-refractivity contribution >= 4 is 11.6 Å². The average Bonchev–Trinajstić information content (AvgIpc) is 2.38. The van der Waals surface area contributed by atoms with Gasteiger partial charge in [-0.1, -0.05) is 12.1 Å². The lowest BCUT2D eigenvalue weighted by Gasteiger charge is -2.14. The standard InChI is InChI=1S/C14H15N3O2/c1-9(10-3-2-4-12(15)7-10)17-14(19)11-5-6-16-13(18)8-11/h2-9H,15H2,1H3,(H,16,18)(H,17,19). The second kappa shape index (κ2) is 5.39. The van der Waals surface area contributed by atoms with Gasteiger partial charge in [-0.2, -0.15) is 0 Å². The molecule has 0 saturated carbocycles. The van der Waals surface area contributed by atoms with Crippen molar-refractivity contribution in [1.82, 2.24) is 10.3 Å². The van der Waals surface area contributed by atoms with E-state index in [0.717, 1.165) is 5.56 Å². The Bertz CT molecular complexity index is 649. The van der Waals surface area contributed by atoms with Gasteiger partial charge in [-0.05, 0) is 30.7 Å². The number of carbonyl (C=O) groups is 1. The summed E-state index contributed by atoms with van der Waals surface area (Å²) in [6.07, 6.45) is 1.45. The molecule has 98 valence electrons. The topological polar surface area (TPSA) is 88.0 Å². The zero-order valence-corrected chi connectivity index (χ0v) is 10.5. The highest BCUT2D eigenvalue weighted by Crippen LogP contribution is 2.15. The lowest BCUT2D eigenvalue weighted by Crippen LogP contribution is -2.27. The maximum absolute atomic E-state index is 12.0. The summed E-state index contributed by atoms with van der Waals surface area (Å²) in [5, 5.41) is 2.82. The highest BCUT2D eigenvalue weighted by molar-refractivity contribution is 5.94. The molecule has 0 saturated heterocycles. The summed E-state index contributed by atoms with van der Waals surface area (Å²) in [6.45, 7) is 1.86. The van der Waals surface area contributed by atoms with Crippen LogP contribution in [0, 0.1) is 0 Å². The van der Waals surface area contributed by atoms with Crippen molar-refractivity contribution in [3.05, 3.63) is 64.1 Å². The van der Waals surface area contributed by atoms with Crippen LogP contribution in [0.2, 0.25) is 0 Å². The number of nitrogens with two attached hydrogens (primary N) is 1. The molecule has 5 heteroatoms. The molecule has 1 atom stereocenters.